The molecule has 3 aromatic heterocycles. The zero-order valence-electron chi connectivity index (χ0n) is 15.7. The van der Waals surface area contributed by atoms with Crippen molar-refractivity contribution in [2.75, 3.05) is 12.8 Å². The van der Waals surface area contributed by atoms with Crippen LogP contribution in [-0.2, 0) is 0 Å². The number of anilines is 1. The molecule has 4 rings (SSSR count). The fourth-order valence-corrected chi connectivity index (χ4v) is 2.71. The summed E-state index contributed by atoms with van der Waals surface area (Å²) in [5, 5.41) is 8.04. The first-order chi connectivity index (χ1) is 15.0. The fraction of sp³-hybridized carbons (Fsp3) is 0.0500. The molecule has 154 valence electrons. The summed E-state index contributed by atoms with van der Waals surface area (Å²) in [4.78, 5) is 11.6. The SMILES string of the molecule is COc1ncc(Cl)cc1-c1nnc(-c2ccc(F)c(C#Cc3cnc(N)nc3)c2F)o1. The van der Waals surface area contributed by atoms with Gasteiger partial charge in [0.15, 0.2) is 5.82 Å². The van der Waals surface area contributed by atoms with E-state index in [0.717, 1.165) is 6.07 Å². The lowest BCUT2D eigenvalue weighted by Crippen LogP contribution is -1.95. The fourth-order valence-electron chi connectivity index (χ4n) is 2.55. The van der Waals surface area contributed by atoms with Crippen molar-refractivity contribution in [1.29, 1.82) is 0 Å². The largest absolute Gasteiger partial charge is 0.480 e. The standard InChI is InChI=1S/C20H11ClF2N6O2/c1-30-17-14(6-11(21)9-25-17)19-29-28-18(31-19)13-4-5-15(22)12(16(13)23)3-2-10-7-26-20(24)27-8-10/h4-9H,1H3,(H2,24,26,27). The minimum atomic E-state index is -0.963. The zero-order chi connectivity index (χ0) is 22.0. The number of rotatable bonds is 3. The highest BCUT2D eigenvalue weighted by Gasteiger charge is 2.21. The number of nitrogens with zero attached hydrogens (tertiary/aromatic N) is 5. The number of pyridine rings is 1. The molecule has 0 radical (unpaired) electrons. The van der Waals surface area contributed by atoms with Crippen LogP contribution >= 0.6 is 11.6 Å². The molecule has 2 N–H and O–H groups in total. The summed E-state index contributed by atoms with van der Waals surface area (Å²) in [5.74, 6) is 3.26. The Morgan fingerprint density at radius 1 is 1.00 bits per heavy atom. The summed E-state index contributed by atoms with van der Waals surface area (Å²) >= 11 is 5.96. The van der Waals surface area contributed by atoms with Gasteiger partial charge >= 0.3 is 0 Å². The number of aromatic nitrogens is 5. The van der Waals surface area contributed by atoms with Crippen molar-refractivity contribution in [3.05, 3.63) is 64.6 Å². The summed E-state index contributed by atoms with van der Waals surface area (Å²) in [6, 6.07) is 3.73. The Kier molecular flexibility index (Phi) is 5.43. The summed E-state index contributed by atoms with van der Waals surface area (Å²) in [5.41, 5.74) is 5.45. The first-order valence-corrected chi connectivity index (χ1v) is 8.95. The Hall–Kier alpha value is -4.10. The van der Waals surface area contributed by atoms with E-state index in [0.29, 0.717) is 16.1 Å². The maximum absolute atomic E-state index is 15.0. The molecule has 0 spiro atoms. The van der Waals surface area contributed by atoms with E-state index >= 15 is 4.39 Å². The smallest absolute Gasteiger partial charge is 0.253 e. The molecule has 0 unspecified atom stereocenters. The third-order valence-electron chi connectivity index (χ3n) is 3.99. The number of hydrogen-bond acceptors (Lipinski definition) is 8. The van der Waals surface area contributed by atoms with Gasteiger partial charge < -0.3 is 14.9 Å². The van der Waals surface area contributed by atoms with Crippen LogP contribution in [0, 0.1) is 23.5 Å². The van der Waals surface area contributed by atoms with Crippen LogP contribution in [0.25, 0.3) is 22.9 Å². The van der Waals surface area contributed by atoms with E-state index < -0.39 is 17.2 Å². The summed E-state index contributed by atoms with van der Waals surface area (Å²) < 4.78 is 40.0. The van der Waals surface area contributed by atoms with E-state index in [1.54, 1.807) is 0 Å². The lowest BCUT2D eigenvalue weighted by atomic mass is 10.1. The lowest BCUT2D eigenvalue weighted by molar-refractivity contribution is 0.397. The molecule has 31 heavy (non-hydrogen) atoms. The van der Waals surface area contributed by atoms with E-state index in [-0.39, 0.29) is 29.2 Å². The van der Waals surface area contributed by atoms with Crippen molar-refractivity contribution in [3.8, 4) is 40.6 Å². The monoisotopic (exact) mass is 440 g/mol. The number of ether oxygens (including phenoxy) is 1. The van der Waals surface area contributed by atoms with Gasteiger partial charge in [0.1, 0.15) is 11.4 Å². The predicted octanol–water partition coefficient (Wildman–Crippen LogP) is 3.51. The average molecular weight is 441 g/mol. The van der Waals surface area contributed by atoms with Crippen molar-refractivity contribution >= 4 is 17.5 Å². The van der Waals surface area contributed by atoms with Crippen molar-refractivity contribution in [2.24, 2.45) is 0 Å². The Balaban J connectivity index is 1.73. The average Bonchev–Trinajstić information content (AvgIpc) is 3.24. The maximum Gasteiger partial charge on any atom is 0.253 e. The minimum Gasteiger partial charge on any atom is -0.480 e. The second-order valence-electron chi connectivity index (χ2n) is 5.99. The van der Waals surface area contributed by atoms with Crippen molar-refractivity contribution < 1.29 is 17.9 Å². The molecule has 0 aliphatic rings. The maximum atomic E-state index is 15.0. The zero-order valence-corrected chi connectivity index (χ0v) is 16.5. The second kappa shape index (κ2) is 8.33. The number of hydrogen-bond donors (Lipinski definition) is 1. The van der Waals surface area contributed by atoms with Crippen molar-refractivity contribution in [3.63, 3.8) is 0 Å². The van der Waals surface area contributed by atoms with Gasteiger partial charge in [-0.25, -0.2) is 23.7 Å². The molecule has 0 aliphatic carbocycles. The summed E-state index contributed by atoms with van der Waals surface area (Å²) in [7, 11) is 1.41. The molecule has 0 amide bonds. The van der Waals surface area contributed by atoms with Crippen LogP contribution in [0.1, 0.15) is 11.1 Å². The molecule has 0 saturated heterocycles. The van der Waals surface area contributed by atoms with Crippen LogP contribution in [-0.4, -0.2) is 32.3 Å². The molecule has 0 atom stereocenters. The number of nitrogen functional groups attached to an aromatic ring is 1. The third kappa shape index (κ3) is 4.12. The van der Waals surface area contributed by atoms with Gasteiger partial charge in [-0.05, 0) is 18.2 Å². The molecular weight excluding hydrogens is 430 g/mol. The Labute approximate surface area is 179 Å². The van der Waals surface area contributed by atoms with E-state index in [2.05, 4.69) is 37.0 Å². The van der Waals surface area contributed by atoms with Crippen molar-refractivity contribution in [1.82, 2.24) is 25.1 Å². The van der Waals surface area contributed by atoms with Gasteiger partial charge in [-0.2, -0.15) is 0 Å². The summed E-state index contributed by atoms with van der Waals surface area (Å²) in [6.45, 7) is 0. The Bertz CT molecular complexity index is 1330. The van der Waals surface area contributed by atoms with E-state index in [4.69, 9.17) is 26.5 Å². The lowest BCUT2D eigenvalue weighted by Gasteiger charge is -2.04. The third-order valence-corrected chi connectivity index (χ3v) is 4.20. The number of nitrogens with two attached hydrogens (primary N) is 1. The molecule has 0 saturated carbocycles. The van der Waals surface area contributed by atoms with Crippen LogP contribution in [0.15, 0.2) is 41.2 Å². The highest BCUT2D eigenvalue weighted by molar-refractivity contribution is 6.30. The second-order valence-corrected chi connectivity index (χ2v) is 6.42. The molecule has 1 aromatic carbocycles. The first kappa shape index (κ1) is 20.2. The van der Waals surface area contributed by atoms with Gasteiger partial charge in [0, 0.05) is 18.6 Å². The minimum absolute atomic E-state index is 0.00256. The normalized spacial score (nSPS) is 10.5. The van der Waals surface area contributed by atoms with E-state index in [1.807, 2.05) is 0 Å². The van der Waals surface area contributed by atoms with Crippen LogP contribution in [0.4, 0.5) is 14.7 Å². The van der Waals surface area contributed by atoms with Gasteiger partial charge in [0.2, 0.25) is 11.8 Å². The quantitative estimate of drug-likeness (QED) is 0.481. The van der Waals surface area contributed by atoms with Gasteiger partial charge in [-0.1, -0.05) is 23.4 Å². The van der Waals surface area contributed by atoms with Crippen LogP contribution in [0.5, 0.6) is 5.88 Å². The molecule has 0 aliphatic heterocycles. The predicted molar refractivity (Wildman–Crippen MR) is 107 cm³/mol. The molecule has 4 aromatic rings. The topological polar surface area (TPSA) is 113 Å². The molecular formula is C20H11ClF2N6O2. The summed E-state index contributed by atoms with van der Waals surface area (Å²) in [6.07, 6.45) is 4.06. The number of halogens is 3. The Morgan fingerprint density at radius 3 is 2.42 bits per heavy atom. The molecule has 0 bridgehead atoms. The molecule has 3 heterocycles. The van der Waals surface area contributed by atoms with Crippen LogP contribution < -0.4 is 10.5 Å². The molecule has 11 heteroatoms. The first-order valence-electron chi connectivity index (χ1n) is 8.57. The molecule has 8 nitrogen and oxygen atoms in total. The number of benzene rings is 1. The number of methoxy groups -OCH3 is 1. The van der Waals surface area contributed by atoms with Gasteiger partial charge in [-0.3, -0.25) is 0 Å². The van der Waals surface area contributed by atoms with Crippen LogP contribution in [0.2, 0.25) is 5.02 Å². The highest BCUT2D eigenvalue weighted by atomic mass is 35.5. The Morgan fingerprint density at radius 2 is 1.71 bits per heavy atom. The van der Waals surface area contributed by atoms with Gasteiger partial charge in [-0.15, -0.1) is 10.2 Å². The van der Waals surface area contributed by atoms with Gasteiger partial charge in [0.25, 0.3) is 11.8 Å². The highest BCUT2D eigenvalue weighted by Crippen LogP contribution is 2.32. The van der Waals surface area contributed by atoms with E-state index in [9.17, 15) is 4.39 Å². The van der Waals surface area contributed by atoms with E-state index in [1.165, 1.54) is 37.8 Å². The van der Waals surface area contributed by atoms with Crippen LogP contribution in [0.3, 0.4) is 0 Å². The van der Waals surface area contributed by atoms with Crippen molar-refractivity contribution in [2.45, 2.75) is 0 Å². The van der Waals surface area contributed by atoms with Gasteiger partial charge in [0.05, 0.1) is 28.8 Å². The molecule has 0 fully saturated rings.